The summed E-state index contributed by atoms with van der Waals surface area (Å²) in [6.07, 6.45) is 2.48. The second-order valence-corrected chi connectivity index (χ2v) is 6.57. The van der Waals surface area contributed by atoms with Gasteiger partial charge in [-0.3, -0.25) is 14.6 Å². The topological polar surface area (TPSA) is 98.6 Å². The molecule has 2 amide bonds. The Balaban J connectivity index is 3.42. The smallest absolute Gasteiger partial charge is 0.273 e. The average Bonchev–Trinajstić information content (AvgIpc) is 2.73. The summed E-state index contributed by atoms with van der Waals surface area (Å²) in [4.78, 5) is 37.1. The standard InChI is InChI=1S/C19H28ClN5O4/c1-5-29-14-25(12-16-8-7-15(20)11-22-16)17(18(21-2)24(4)13-27)19(28)23(3)9-6-10-26/h7-8,11,13,26H,2,5-6,9-10,12,14H2,1,3-4H3/b18-17+. The van der Waals surface area contributed by atoms with Crippen molar-refractivity contribution in [2.75, 3.05) is 40.6 Å². The normalized spacial score (nSPS) is 11.5. The van der Waals surface area contributed by atoms with E-state index in [2.05, 4.69) is 16.7 Å². The highest BCUT2D eigenvalue weighted by Gasteiger charge is 2.27. The van der Waals surface area contributed by atoms with E-state index in [0.717, 1.165) is 0 Å². The molecule has 1 heterocycles. The van der Waals surface area contributed by atoms with Gasteiger partial charge in [-0.15, -0.1) is 0 Å². The average molecular weight is 426 g/mol. The number of ether oxygens (including phenoxy) is 1. The third kappa shape index (κ3) is 7.45. The molecule has 0 fully saturated rings. The van der Waals surface area contributed by atoms with Gasteiger partial charge in [0.1, 0.15) is 12.4 Å². The molecule has 1 aromatic rings. The van der Waals surface area contributed by atoms with Crippen LogP contribution in [0.15, 0.2) is 34.8 Å². The molecule has 1 aromatic heterocycles. The third-order valence-electron chi connectivity index (χ3n) is 3.96. The Kier molecular flexibility index (Phi) is 10.9. The van der Waals surface area contributed by atoms with Gasteiger partial charge in [0.2, 0.25) is 6.41 Å². The van der Waals surface area contributed by atoms with Crippen LogP contribution in [0.3, 0.4) is 0 Å². The van der Waals surface area contributed by atoms with Crippen molar-refractivity contribution in [1.82, 2.24) is 19.7 Å². The minimum Gasteiger partial charge on any atom is -0.396 e. The quantitative estimate of drug-likeness (QED) is 0.221. The van der Waals surface area contributed by atoms with E-state index in [4.69, 9.17) is 21.4 Å². The summed E-state index contributed by atoms with van der Waals surface area (Å²) in [5, 5.41) is 9.57. The Bertz CT molecular complexity index is 711. The van der Waals surface area contributed by atoms with Crippen LogP contribution in [0.5, 0.6) is 0 Å². The first-order valence-corrected chi connectivity index (χ1v) is 9.45. The summed E-state index contributed by atoms with van der Waals surface area (Å²) in [5.74, 6) is -0.294. The number of likely N-dealkylation sites (N-methyl/N-ethyl adjacent to an activating group) is 1. The summed E-state index contributed by atoms with van der Waals surface area (Å²) in [6.45, 7) is 6.35. The highest BCUT2D eigenvalue weighted by Crippen LogP contribution is 2.20. The van der Waals surface area contributed by atoms with Gasteiger partial charge in [0.25, 0.3) is 5.91 Å². The Morgan fingerprint density at radius 1 is 1.41 bits per heavy atom. The molecule has 10 heteroatoms. The molecule has 0 saturated heterocycles. The summed E-state index contributed by atoms with van der Waals surface area (Å²) < 4.78 is 5.55. The lowest BCUT2D eigenvalue weighted by molar-refractivity contribution is -0.129. The lowest BCUT2D eigenvalue weighted by Crippen LogP contribution is -2.40. The zero-order valence-corrected chi connectivity index (χ0v) is 17.8. The molecule has 0 aliphatic heterocycles. The van der Waals surface area contributed by atoms with Crippen molar-refractivity contribution in [3.05, 3.63) is 40.6 Å². The van der Waals surface area contributed by atoms with Crippen molar-refractivity contribution in [1.29, 1.82) is 0 Å². The largest absolute Gasteiger partial charge is 0.396 e. The number of nitrogens with zero attached hydrogens (tertiary/aromatic N) is 5. The molecule has 0 atom stereocenters. The van der Waals surface area contributed by atoms with E-state index < -0.39 is 0 Å². The lowest BCUT2D eigenvalue weighted by atomic mass is 10.2. The summed E-state index contributed by atoms with van der Waals surface area (Å²) in [6, 6.07) is 3.44. The van der Waals surface area contributed by atoms with Gasteiger partial charge in [-0.2, -0.15) is 0 Å². The molecule has 0 spiro atoms. The third-order valence-corrected chi connectivity index (χ3v) is 4.19. The van der Waals surface area contributed by atoms with E-state index in [1.54, 1.807) is 24.1 Å². The number of carbonyl (C=O) groups excluding carboxylic acids is 2. The number of halogens is 1. The minimum atomic E-state index is -0.386. The van der Waals surface area contributed by atoms with Gasteiger partial charge in [-0.1, -0.05) is 11.6 Å². The van der Waals surface area contributed by atoms with Gasteiger partial charge >= 0.3 is 0 Å². The fourth-order valence-corrected chi connectivity index (χ4v) is 2.56. The number of pyridine rings is 1. The fourth-order valence-electron chi connectivity index (χ4n) is 2.45. The molecule has 160 valence electrons. The predicted molar refractivity (Wildman–Crippen MR) is 111 cm³/mol. The number of hydrogen-bond acceptors (Lipinski definition) is 7. The van der Waals surface area contributed by atoms with Crippen molar-refractivity contribution >= 4 is 30.6 Å². The van der Waals surface area contributed by atoms with Gasteiger partial charge in [0.15, 0.2) is 5.82 Å². The molecule has 0 radical (unpaired) electrons. The van der Waals surface area contributed by atoms with Gasteiger partial charge in [-0.25, -0.2) is 4.99 Å². The van der Waals surface area contributed by atoms with Crippen LogP contribution in [-0.4, -0.2) is 84.4 Å². The number of carbonyl (C=O) groups is 2. The number of aliphatic hydroxyl groups excluding tert-OH is 1. The number of aliphatic imine (C=N–C) groups is 1. The second-order valence-electron chi connectivity index (χ2n) is 6.14. The Morgan fingerprint density at radius 3 is 2.66 bits per heavy atom. The summed E-state index contributed by atoms with van der Waals surface area (Å²) in [5.41, 5.74) is 0.787. The van der Waals surface area contributed by atoms with Crippen molar-refractivity contribution < 1.29 is 19.4 Å². The van der Waals surface area contributed by atoms with Crippen molar-refractivity contribution in [2.24, 2.45) is 4.99 Å². The summed E-state index contributed by atoms with van der Waals surface area (Å²) in [7, 11) is 3.09. The highest BCUT2D eigenvalue weighted by molar-refractivity contribution is 6.30. The van der Waals surface area contributed by atoms with E-state index >= 15 is 0 Å². The van der Waals surface area contributed by atoms with E-state index in [1.807, 2.05) is 6.92 Å². The van der Waals surface area contributed by atoms with E-state index in [1.165, 1.54) is 23.0 Å². The minimum absolute atomic E-state index is 0.0468. The van der Waals surface area contributed by atoms with Gasteiger partial charge in [-0.05, 0) is 32.2 Å². The lowest BCUT2D eigenvalue weighted by Gasteiger charge is -2.31. The maximum atomic E-state index is 13.2. The Morgan fingerprint density at radius 2 is 2.14 bits per heavy atom. The molecule has 29 heavy (non-hydrogen) atoms. The van der Waals surface area contributed by atoms with Crippen LogP contribution in [0, 0.1) is 0 Å². The number of hydrogen-bond donors (Lipinski definition) is 1. The van der Waals surface area contributed by atoms with Gasteiger partial charge in [0, 0.05) is 40.1 Å². The fraction of sp³-hybridized carbons (Fsp3) is 0.474. The Labute approximate surface area is 176 Å². The Hall–Kier alpha value is -2.49. The first kappa shape index (κ1) is 24.5. The van der Waals surface area contributed by atoms with E-state index in [-0.39, 0.29) is 37.3 Å². The van der Waals surface area contributed by atoms with Crippen molar-refractivity contribution in [2.45, 2.75) is 19.9 Å². The number of aliphatic hydroxyl groups is 1. The van der Waals surface area contributed by atoms with Crippen molar-refractivity contribution in [3.63, 3.8) is 0 Å². The van der Waals surface area contributed by atoms with E-state index in [9.17, 15) is 9.59 Å². The maximum absolute atomic E-state index is 13.2. The van der Waals surface area contributed by atoms with Gasteiger partial charge in [0.05, 0.1) is 17.3 Å². The molecule has 0 aromatic carbocycles. The van der Waals surface area contributed by atoms with Crippen LogP contribution in [0.1, 0.15) is 19.0 Å². The van der Waals surface area contributed by atoms with Crippen molar-refractivity contribution in [3.8, 4) is 0 Å². The zero-order valence-electron chi connectivity index (χ0n) is 17.0. The first-order chi connectivity index (χ1) is 13.9. The second kappa shape index (κ2) is 12.9. The predicted octanol–water partition coefficient (Wildman–Crippen LogP) is 1.33. The van der Waals surface area contributed by atoms with Crippen LogP contribution in [0.25, 0.3) is 0 Å². The van der Waals surface area contributed by atoms with Crippen LogP contribution in [-0.2, 0) is 20.9 Å². The van der Waals surface area contributed by atoms with Crippen LogP contribution in [0.2, 0.25) is 5.02 Å². The number of rotatable bonds is 13. The molecular weight excluding hydrogens is 398 g/mol. The molecule has 9 nitrogen and oxygen atoms in total. The van der Waals surface area contributed by atoms with Gasteiger partial charge < -0.3 is 24.5 Å². The summed E-state index contributed by atoms with van der Waals surface area (Å²) >= 11 is 5.91. The molecule has 1 rings (SSSR count). The molecule has 0 unspecified atom stereocenters. The highest BCUT2D eigenvalue weighted by atomic mass is 35.5. The number of aromatic nitrogens is 1. The maximum Gasteiger partial charge on any atom is 0.273 e. The SMILES string of the molecule is C=N/C(=C(/C(=O)N(C)CCCO)N(COCC)Cc1ccc(Cl)cn1)N(C)C=O. The molecule has 1 N–H and O–H groups in total. The van der Waals surface area contributed by atoms with E-state index in [0.29, 0.717) is 36.7 Å². The first-order valence-electron chi connectivity index (χ1n) is 9.08. The molecule has 0 aliphatic rings. The molecule has 0 saturated carbocycles. The number of amides is 2. The molecular formula is C19H28ClN5O4. The van der Waals surface area contributed by atoms with Crippen LogP contribution in [0.4, 0.5) is 0 Å². The van der Waals surface area contributed by atoms with Crippen LogP contribution < -0.4 is 0 Å². The molecule has 0 bridgehead atoms. The zero-order chi connectivity index (χ0) is 21.8. The molecule has 0 aliphatic carbocycles. The van der Waals surface area contributed by atoms with Crippen LogP contribution >= 0.6 is 11.6 Å². The monoisotopic (exact) mass is 425 g/mol.